The molecule has 3 atom stereocenters. The van der Waals surface area contributed by atoms with Crippen molar-refractivity contribution in [1.29, 1.82) is 0 Å². The van der Waals surface area contributed by atoms with Gasteiger partial charge in [-0.3, -0.25) is 13.8 Å². The van der Waals surface area contributed by atoms with E-state index in [2.05, 4.69) is 92.1 Å². The van der Waals surface area contributed by atoms with Gasteiger partial charge in [0, 0.05) is 6.42 Å². The van der Waals surface area contributed by atoms with Crippen LogP contribution in [0.3, 0.4) is 0 Å². The molecule has 1 amide bonds. The fraction of sp³-hybridized carbons (Fsp3) is 0.790. The number of nitrogens with one attached hydrogen (secondary N) is 1. The normalized spacial score (nSPS) is 14.4. The molecular weight excluding hydrogens is 900 g/mol. The fourth-order valence-electron chi connectivity index (χ4n) is 8.58. The Kier molecular flexibility index (Phi) is 51.3. The standard InChI is InChI=1S/C62H115N2O6P/c1-6-8-10-12-14-16-18-20-21-22-23-24-25-26-27-28-29-30-31-32-33-34-35-36-37-38-39-40-41-42-43-44-46-48-50-52-54-56-62(66)63-60(59-70-71(67,68)69-58-57-64(3,4)5)61(65)55-53-51-49-47-45-19-17-15-13-11-9-7-2/h8,10,14,16,20-21,23-24,26-27,29-30,60-61,65H,6-7,9,11-13,15,17-19,22,25,28,31-59H2,1-5H3,(H-,63,66,67,68)/p+1/b10-8-,16-14-,21-20-,24-23-,27-26-,30-29-. The number of hydrogen-bond acceptors (Lipinski definition) is 5. The second-order valence-electron chi connectivity index (χ2n) is 21.3. The molecule has 0 aromatic rings. The predicted octanol–water partition coefficient (Wildman–Crippen LogP) is 18.3. The van der Waals surface area contributed by atoms with E-state index in [0.717, 1.165) is 77.0 Å². The molecule has 71 heavy (non-hydrogen) atoms. The van der Waals surface area contributed by atoms with Crippen molar-refractivity contribution >= 4 is 13.7 Å². The lowest BCUT2D eigenvalue weighted by Gasteiger charge is -2.26. The third-order valence-electron chi connectivity index (χ3n) is 13.2. The second-order valence-corrected chi connectivity index (χ2v) is 22.8. The van der Waals surface area contributed by atoms with Crippen molar-refractivity contribution in [3.05, 3.63) is 72.9 Å². The van der Waals surface area contributed by atoms with E-state index in [1.165, 1.54) is 161 Å². The Hall–Kier alpha value is -2.06. The van der Waals surface area contributed by atoms with Crippen LogP contribution in [0.4, 0.5) is 0 Å². The highest BCUT2D eigenvalue weighted by atomic mass is 31.2. The molecular formula is C62H116N2O6P+. The van der Waals surface area contributed by atoms with Gasteiger partial charge in [-0.25, -0.2) is 4.57 Å². The number of allylic oxidation sites excluding steroid dienone is 12. The Bertz CT molecular complexity index is 1380. The molecule has 0 aliphatic heterocycles. The third-order valence-corrected chi connectivity index (χ3v) is 14.2. The zero-order valence-corrected chi connectivity index (χ0v) is 48.1. The highest BCUT2D eigenvalue weighted by Crippen LogP contribution is 2.43. The van der Waals surface area contributed by atoms with Crippen LogP contribution in [0.25, 0.3) is 0 Å². The summed E-state index contributed by atoms with van der Waals surface area (Å²) in [6.07, 6.45) is 72.6. The first-order chi connectivity index (χ1) is 34.5. The van der Waals surface area contributed by atoms with Gasteiger partial charge in [-0.2, -0.15) is 0 Å². The summed E-state index contributed by atoms with van der Waals surface area (Å²) in [5.74, 6) is -0.144. The van der Waals surface area contributed by atoms with Gasteiger partial charge in [0.05, 0.1) is 39.9 Å². The first kappa shape index (κ1) is 68.9. The van der Waals surface area contributed by atoms with Crippen molar-refractivity contribution in [2.24, 2.45) is 0 Å². The zero-order valence-electron chi connectivity index (χ0n) is 47.2. The highest BCUT2D eigenvalue weighted by Gasteiger charge is 2.28. The Labute approximate surface area is 440 Å². The molecule has 414 valence electrons. The minimum Gasteiger partial charge on any atom is -0.391 e. The topological polar surface area (TPSA) is 105 Å². The Morgan fingerprint density at radius 1 is 0.493 bits per heavy atom. The lowest BCUT2D eigenvalue weighted by molar-refractivity contribution is -0.870. The molecule has 9 heteroatoms. The zero-order chi connectivity index (χ0) is 52.0. The van der Waals surface area contributed by atoms with Crippen molar-refractivity contribution in [3.8, 4) is 0 Å². The van der Waals surface area contributed by atoms with E-state index < -0.39 is 20.0 Å². The maximum Gasteiger partial charge on any atom is 0.472 e. The summed E-state index contributed by atoms with van der Waals surface area (Å²) in [5.41, 5.74) is 0. The molecule has 0 rings (SSSR count). The third kappa shape index (κ3) is 55.5. The summed E-state index contributed by atoms with van der Waals surface area (Å²) in [7, 11) is 1.62. The average Bonchev–Trinajstić information content (AvgIpc) is 3.33. The van der Waals surface area contributed by atoms with Crippen molar-refractivity contribution in [2.45, 2.75) is 276 Å². The van der Waals surface area contributed by atoms with Gasteiger partial charge in [0.15, 0.2) is 0 Å². The summed E-state index contributed by atoms with van der Waals surface area (Å²) >= 11 is 0. The van der Waals surface area contributed by atoms with Crippen LogP contribution in [0.15, 0.2) is 72.9 Å². The molecule has 0 saturated heterocycles. The monoisotopic (exact) mass is 1020 g/mol. The number of nitrogens with zero attached hydrogens (tertiary/aromatic N) is 1. The smallest absolute Gasteiger partial charge is 0.391 e. The number of phosphoric ester groups is 1. The number of aliphatic hydroxyl groups is 1. The maximum absolute atomic E-state index is 13.0. The van der Waals surface area contributed by atoms with Crippen LogP contribution in [-0.4, -0.2) is 73.4 Å². The number of carbonyl (C=O) groups excluding carboxylic acids is 1. The van der Waals surface area contributed by atoms with Gasteiger partial charge in [0.25, 0.3) is 0 Å². The Balaban J connectivity index is 3.94. The van der Waals surface area contributed by atoms with Gasteiger partial charge < -0.3 is 19.8 Å². The van der Waals surface area contributed by atoms with Crippen molar-refractivity contribution in [3.63, 3.8) is 0 Å². The van der Waals surface area contributed by atoms with Crippen LogP contribution in [-0.2, 0) is 18.4 Å². The van der Waals surface area contributed by atoms with E-state index in [4.69, 9.17) is 9.05 Å². The van der Waals surface area contributed by atoms with Gasteiger partial charge in [0.2, 0.25) is 5.91 Å². The Morgan fingerprint density at radius 3 is 1.24 bits per heavy atom. The molecule has 0 saturated carbocycles. The van der Waals surface area contributed by atoms with Gasteiger partial charge in [-0.15, -0.1) is 0 Å². The van der Waals surface area contributed by atoms with Gasteiger partial charge in [-0.1, -0.05) is 267 Å². The molecule has 0 radical (unpaired) electrons. The number of phosphoric acid groups is 1. The summed E-state index contributed by atoms with van der Waals surface area (Å²) in [5, 5.41) is 14.0. The van der Waals surface area contributed by atoms with E-state index in [1.807, 2.05) is 21.1 Å². The molecule has 0 aliphatic rings. The lowest BCUT2D eigenvalue weighted by Crippen LogP contribution is -2.46. The molecule has 0 heterocycles. The second kappa shape index (κ2) is 52.8. The molecule has 3 unspecified atom stereocenters. The first-order valence-corrected chi connectivity index (χ1v) is 31.3. The molecule has 0 bridgehead atoms. The number of carbonyl (C=O) groups is 1. The van der Waals surface area contributed by atoms with Crippen molar-refractivity contribution in [1.82, 2.24) is 5.32 Å². The van der Waals surface area contributed by atoms with Crippen LogP contribution in [0.1, 0.15) is 264 Å². The Morgan fingerprint density at radius 2 is 0.845 bits per heavy atom. The number of hydrogen-bond donors (Lipinski definition) is 3. The molecule has 0 aromatic carbocycles. The summed E-state index contributed by atoms with van der Waals surface area (Å²) in [6.45, 7) is 4.78. The molecule has 8 nitrogen and oxygen atoms in total. The largest absolute Gasteiger partial charge is 0.472 e. The van der Waals surface area contributed by atoms with Crippen molar-refractivity contribution < 1.29 is 32.9 Å². The number of quaternary nitrogens is 1. The molecule has 0 fully saturated rings. The van der Waals surface area contributed by atoms with Crippen LogP contribution in [0.2, 0.25) is 0 Å². The molecule has 0 aromatic heterocycles. The SMILES string of the molecule is CC/C=C\C/C=C\C/C=C\C/C=C\C/C=C\C/C=C\CCCCCCCCCCCCCCCCCCCCC(=O)NC(COP(=O)(O)OCC[N+](C)(C)C)C(O)CCCCCCCCCCCCCC. The van der Waals surface area contributed by atoms with Crippen LogP contribution in [0, 0.1) is 0 Å². The van der Waals surface area contributed by atoms with Crippen LogP contribution >= 0.6 is 7.82 Å². The van der Waals surface area contributed by atoms with Gasteiger partial charge in [-0.05, 0) is 64.2 Å². The van der Waals surface area contributed by atoms with E-state index in [1.54, 1.807) is 0 Å². The van der Waals surface area contributed by atoms with Gasteiger partial charge in [0.1, 0.15) is 13.2 Å². The quantitative estimate of drug-likeness (QED) is 0.0243. The van der Waals surface area contributed by atoms with E-state index >= 15 is 0 Å². The van der Waals surface area contributed by atoms with Gasteiger partial charge >= 0.3 is 7.82 Å². The van der Waals surface area contributed by atoms with E-state index in [0.29, 0.717) is 23.9 Å². The molecule has 0 spiro atoms. The minimum absolute atomic E-state index is 0.0742. The lowest BCUT2D eigenvalue weighted by atomic mass is 10.0. The van der Waals surface area contributed by atoms with Crippen LogP contribution in [0.5, 0.6) is 0 Å². The van der Waals surface area contributed by atoms with Crippen LogP contribution < -0.4 is 5.32 Å². The number of aliphatic hydroxyl groups excluding tert-OH is 1. The summed E-state index contributed by atoms with van der Waals surface area (Å²) < 4.78 is 23.7. The van der Waals surface area contributed by atoms with E-state index in [-0.39, 0.29) is 19.1 Å². The summed E-state index contributed by atoms with van der Waals surface area (Å²) in [6, 6.07) is -0.760. The molecule has 3 N–H and O–H groups in total. The van der Waals surface area contributed by atoms with E-state index in [9.17, 15) is 19.4 Å². The number of rotatable bonds is 54. The predicted molar refractivity (Wildman–Crippen MR) is 309 cm³/mol. The highest BCUT2D eigenvalue weighted by molar-refractivity contribution is 7.47. The maximum atomic E-state index is 13.0. The number of unbranched alkanes of at least 4 members (excludes halogenated alkanes) is 29. The number of amides is 1. The van der Waals surface area contributed by atoms with Crippen molar-refractivity contribution in [2.75, 3.05) is 40.9 Å². The first-order valence-electron chi connectivity index (χ1n) is 29.8. The summed E-state index contributed by atoms with van der Waals surface area (Å²) in [4.78, 5) is 23.3. The molecule has 0 aliphatic carbocycles. The minimum atomic E-state index is -4.32. The number of likely N-dealkylation sites (N-methyl/N-ethyl adjacent to an activating group) is 1. The fourth-order valence-corrected chi connectivity index (χ4v) is 9.32. The average molecular weight is 1020 g/mol.